The molecule has 0 spiro atoms. The van der Waals surface area contributed by atoms with Crippen molar-refractivity contribution in [1.29, 1.82) is 0 Å². The van der Waals surface area contributed by atoms with E-state index in [9.17, 15) is 9.59 Å². The summed E-state index contributed by atoms with van der Waals surface area (Å²) < 4.78 is 15.5. The van der Waals surface area contributed by atoms with Crippen molar-refractivity contribution in [2.45, 2.75) is 25.3 Å². The van der Waals surface area contributed by atoms with Gasteiger partial charge in [0.1, 0.15) is 17.2 Å². The van der Waals surface area contributed by atoms with Gasteiger partial charge in [0.05, 0.1) is 19.2 Å². The van der Waals surface area contributed by atoms with Crippen LogP contribution < -0.4 is 14.8 Å². The van der Waals surface area contributed by atoms with Gasteiger partial charge in [0.15, 0.2) is 6.61 Å². The van der Waals surface area contributed by atoms with Crippen LogP contribution in [0.2, 0.25) is 0 Å². The number of rotatable bonds is 7. The summed E-state index contributed by atoms with van der Waals surface area (Å²) >= 11 is 1.47. The van der Waals surface area contributed by atoms with Crippen LogP contribution in [0.3, 0.4) is 0 Å². The number of aromatic nitrogens is 1. The highest BCUT2D eigenvalue weighted by molar-refractivity contribution is 7.09. The summed E-state index contributed by atoms with van der Waals surface area (Å²) in [6.07, 6.45) is 6.27. The Labute approximate surface area is 185 Å². The Hall–Kier alpha value is -3.25. The summed E-state index contributed by atoms with van der Waals surface area (Å²) in [5, 5.41) is 5.56. The molecular weight excluding hydrogens is 418 g/mol. The molecule has 1 aliphatic heterocycles. The van der Waals surface area contributed by atoms with Crippen LogP contribution in [0.1, 0.15) is 39.8 Å². The normalized spacial score (nSPS) is 13.9. The molecule has 31 heavy (non-hydrogen) atoms. The quantitative estimate of drug-likeness (QED) is 0.662. The number of hydrogen-bond acceptors (Lipinski definition) is 7. The van der Waals surface area contributed by atoms with Gasteiger partial charge >= 0.3 is 6.09 Å². The zero-order valence-electron chi connectivity index (χ0n) is 17.6. The minimum Gasteiger partial charge on any atom is -0.497 e. The van der Waals surface area contributed by atoms with Gasteiger partial charge in [-0.05, 0) is 30.5 Å². The molecule has 0 unspecified atom stereocenters. The van der Waals surface area contributed by atoms with Gasteiger partial charge < -0.3 is 24.4 Å². The first-order chi connectivity index (χ1) is 15.0. The lowest BCUT2D eigenvalue weighted by atomic mass is 9.98. The maximum atomic E-state index is 12.5. The highest BCUT2D eigenvalue weighted by Crippen LogP contribution is 2.30. The number of benzene rings is 1. The van der Waals surface area contributed by atoms with E-state index in [-0.39, 0.29) is 24.5 Å². The summed E-state index contributed by atoms with van der Waals surface area (Å²) in [4.78, 5) is 30.6. The van der Waals surface area contributed by atoms with Gasteiger partial charge in [0, 0.05) is 37.0 Å². The average molecular weight is 444 g/mol. The number of piperidine rings is 1. The zero-order chi connectivity index (χ0) is 22.2. The number of thiazole rings is 1. The predicted molar refractivity (Wildman–Crippen MR) is 117 cm³/mol. The van der Waals surface area contributed by atoms with Crippen molar-refractivity contribution in [2.24, 2.45) is 0 Å². The van der Waals surface area contributed by atoms with E-state index in [0.717, 1.165) is 23.4 Å². The Balaban J connectivity index is 1.53. The Morgan fingerprint density at radius 3 is 2.52 bits per heavy atom. The molecule has 0 bridgehead atoms. The van der Waals surface area contributed by atoms with Crippen LogP contribution in [-0.2, 0) is 11.3 Å². The highest BCUT2D eigenvalue weighted by atomic mass is 32.1. The lowest BCUT2D eigenvalue weighted by Crippen LogP contribution is -2.38. The molecule has 1 aromatic carbocycles. The first-order valence-electron chi connectivity index (χ1n) is 9.84. The number of nitrogens with zero attached hydrogens (tertiary/aromatic N) is 2. The molecule has 164 valence electrons. The second-order valence-corrected chi connectivity index (χ2v) is 7.88. The third kappa shape index (κ3) is 5.89. The molecule has 3 rings (SSSR count). The molecule has 2 heterocycles. The van der Waals surface area contributed by atoms with Gasteiger partial charge in [-0.2, -0.15) is 0 Å². The van der Waals surface area contributed by atoms with Crippen molar-refractivity contribution in [3.63, 3.8) is 0 Å². The van der Waals surface area contributed by atoms with E-state index in [0.29, 0.717) is 36.8 Å². The van der Waals surface area contributed by atoms with Gasteiger partial charge in [-0.25, -0.2) is 9.78 Å². The minimum absolute atomic E-state index is 0.0216. The number of likely N-dealkylation sites (tertiary alicyclic amines) is 1. The fraction of sp³-hybridized carbons (Fsp3) is 0.409. The number of ether oxygens (including phenoxy) is 3. The van der Waals surface area contributed by atoms with E-state index in [1.165, 1.54) is 11.3 Å². The summed E-state index contributed by atoms with van der Waals surface area (Å²) in [6.45, 7) is 1.46. The van der Waals surface area contributed by atoms with E-state index >= 15 is 0 Å². The van der Waals surface area contributed by atoms with Crippen LogP contribution >= 0.6 is 11.3 Å². The van der Waals surface area contributed by atoms with Gasteiger partial charge in [0.2, 0.25) is 0 Å². The van der Waals surface area contributed by atoms with E-state index in [1.807, 2.05) is 12.1 Å². The van der Waals surface area contributed by atoms with Crippen LogP contribution in [0.5, 0.6) is 11.5 Å². The maximum absolute atomic E-state index is 12.5. The number of hydrogen-bond donors (Lipinski definition) is 1. The molecular formula is C22H25N3O5S. The summed E-state index contributed by atoms with van der Waals surface area (Å²) in [5.41, 5.74) is 1.26. The number of carbonyl (C=O) groups excluding carboxylic acids is 2. The Kier molecular flexibility index (Phi) is 7.73. The summed E-state index contributed by atoms with van der Waals surface area (Å²) in [5.74, 6) is 3.59. The molecule has 9 heteroatoms. The van der Waals surface area contributed by atoms with Crippen molar-refractivity contribution in [2.75, 3.05) is 33.9 Å². The molecule has 0 saturated carbocycles. The SMILES string of the molecule is C#CCOC(=O)N1CCC(c2nc(C(=O)NCc3cc(OC)cc(OC)c3)cs2)CC1. The molecule has 0 atom stereocenters. The summed E-state index contributed by atoms with van der Waals surface area (Å²) in [7, 11) is 3.16. The Morgan fingerprint density at radius 1 is 1.23 bits per heavy atom. The van der Waals surface area contributed by atoms with E-state index in [2.05, 4.69) is 16.2 Å². The third-order valence-electron chi connectivity index (χ3n) is 5.00. The number of methoxy groups -OCH3 is 2. The lowest BCUT2D eigenvalue weighted by molar-refractivity contribution is 0.0946. The van der Waals surface area contributed by atoms with E-state index in [1.54, 1.807) is 30.6 Å². The number of terminal acetylenes is 1. The van der Waals surface area contributed by atoms with Crippen molar-refractivity contribution >= 4 is 23.3 Å². The topological polar surface area (TPSA) is 90.0 Å². The van der Waals surface area contributed by atoms with Gasteiger partial charge in [-0.15, -0.1) is 17.8 Å². The average Bonchev–Trinajstić information content (AvgIpc) is 3.31. The van der Waals surface area contributed by atoms with Crippen LogP contribution in [0, 0.1) is 12.3 Å². The smallest absolute Gasteiger partial charge is 0.410 e. The van der Waals surface area contributed by atoms with Crippen LogP contribution in [0.25, 0.3) is 0 Å². The molecule has 1 fully saturated rings. The Morgan fingerprint density at radius 2 is 1.90 bits per heavy atom. The van der Waals surface area contributed by atoms with Crippen molar-refractivity contribution in [3.8, 4) is 23.8 Å². The van der Waals surface area contributed by atoms with Crippen LogP contribution in [-0.4, -0.2) is 55.8 Å². The Bertz CT molecular complexity index is 938. The van der Waals surface area contributed by atoms with Gasteiger partial charge in [-0.3, -0.25) is 4.79 Å². The molecule has 1 aliphatic rings. The fourth-order valence-corrected chi connectivity index (χ4v) is 4.30. The molecule has 2 aromatic rings. The second-order valence-electron chi connectivity index (χ2n) is 6.99. The molecule has 0 radical (unpaired) electrons. The number of amides is 2. The van der Waals surface area contributed by atoms with Crippen LogP contribution in [0.15, 0.2) is 23.6 Å². The third-order valence-corrected chi connectivity index (χ3v) is 6.01. The van der Waals surface area contributed by atoms with Crippen molar-refractivity contribution in [3.05, 3.63) is 39.8 Å². The number of carbonyl (C=O) groups is 2. The minimum atomic E-state index is -0.384. The predicted octanol–water partition coefficient (Wildman–Crippen LogP) is 3.04. The lowest BCUT2D eigenvalue weighted by Gasteiger charge is -2.30. The van der Waals surface area contributed by atoms with Crippen LogP contribution in [0.4, 0.5) is 4.79 Å². The zero-order valence-corrected chi connectivity index (χ0v) is 18.4. The van der Waals surface area contributed by atoms with Crippen molar-refractivity contribution < 1.29 is 23.8 Å². The first-order valence-corrected chi connectivity index (χ1v) is 10.7. The van der Waals surface area contributed by atoms with Gasteiger partial charge in [-0.1, -0.05) is 5.92 Å². The molecule has 0 aliphatic carbocycles. The monoisotopic (exact) mass is 443 g/mol. The molecule has 2 amide bonds. The fourth-order valence-electron chi connectivity index (χ4n) is 3.32. The van der Waals surface area contributed by atoms with Crippen molar-refractivity contribution in [1.82, 2.24) is 15.2 Å². The largest absolute Gasteiger partial charge is 0.497 e. The molecule has 1 saturated heterocycles. The molecule has 1 N–H and O–H groups in total. The molecule has 1 aromatic heterocycles. The van der Waals surface area contributed by atoms with E-state index < -0.39 is 0 Å². The first kappa shape index (κ1) is 22.4. The number of nitrogens with one attached hydrogen (secondary N) is 1. The maximum Gasteiger partial charge on any atom is 0.410 e. The standard InChI is InChI=1S/C22H25N3O5S/c1-4-9-30-22(27)25-7-5-16(6-8-25)21-24-19(14-31-21)20(26)23-13-15-10-17(28-2)12-18(11-15)29-3/h1,10-12,14,16H,5-9,13H2,2-3H3,(H,23,26). The highest BCUT2D eigenvalue weighted by Gasteiger charge is 2.27. The summed E-state index contributed by atoms with van der Waals surface area (Å²) in [6, 6.07) is 5.47. The molecule has 8 nitrogen and oxygen atoms in total. The second kappa shape index (κ2) is 10.7. The van der Waals surface area contributed by atoms with Gasteiger partial charge in [0.25, 0.3) is 5.91 Å². The van der Waals surface area contributed by atoms with E-state index in [4.69, 9.17) is 20.6 Å².